The van der Waals surface area contributed by atoms with Crippen molar-refractivity contribution < 1.29 is 4.74 Å². The van der Waals surface area contributed by atoms with Crippen LogP contribution >= 0.6 is 0 Å². The third kappa shape index (κ3) is 2.81. The van der Waals surface area contributed by atoms with Crippen molar-refractivity contribution in [1.82, 2.24) is 15.3 Å². The number of anilines is 1. The molecule has 0 aliphatic carbocycles. The van der Waals surface area contributed by atoms with Gasteiger partial charge in [-0.2, -0.15) is 0 Å². The fourth-order valence-corrected chi connectivity index (χ4v) is 3.18. The molecular weight excluding hydrogens is 240 g/mol. The first-order valence-corrected chi connectivity index (χ1v) is 7.30. The molecule has 1 aromatic heterocycles. The van der Waals surface area contributed by atoms with Gasteiger partial charge < -0.3 is 15.0 Å². The molecule has 3 heterocycles. The maximum absolute atomic E-state index is 5.45. The predicted molar refractivity (Wildman–Crippen MR) is 74.5 cm³/mol. The number of aromatic nitrogens is 2. The van der Waals surface area contributed by atoms with Crippen LogP contribution in [0.4, 0.5) is 5.82 Å². The van der Waals surface area contributed by atoms with Gasteiger partial charge >= 0.3 is 0 Å². The first-order chi connectivity index (χ1) is 9.36. The van der Waals surface area contributed by atoms with E-state index in [2.05, 4.69) is 20.2 Å². The molecule has 2 atom stereocenters. The van der Waals surface area contributed by atoms with Gasteiger partial charge in [0.05, 0.1) is 6.61 Å². The number of hydrogen-bond acceptors (Lipinski definition) is 5. The molecule has 0 spiro atoms. The van der Waals surface area contributed by atoms with Gasteiger partial charge in [-0.15, -0.1) is 0 Å². The Morgan fingerprint density at radius 3 is 3.26 bits per heavy atom. The quantitative estimate of drug-likeness (QED) is 0.893. The molecular formula is C14H22N4O. The summed E-state index contributed by atoms with van der Waals surface area (Å²) in [7, 11) is 0. The van der Waals surface area contributed by atoms with Crippen molar-refractivity contribution in [3.63, 3.8) is 0 Å². The Bertz CT molecular complexity index is 426. The standard InChI is InChI=1S/C14H22N4O/c1-2-19-14-8-13(16-10-17-14)18-7-5-12-11(9-18)4-3-6-15-12/h8,10-12,15H,2-7,9H2,1H3. The van der Waals surface area contributed by atoms with E-state index in [0.29, 0.717) is 18.5 Å². The van der Waals surface area contributed by atoms with E-state index in [1.54, 1.807) is 6.33 Å². The lowest BCUT2D eigenvalue weighted by Crippen LogP contribution is -2.52. The van der Waals surface area contributed by atoms with Crippen molar-refractivity contribution in [1.29, 1.82) is 0 Å². The number of hydrogen-bond donors (Lipinski definition) is 1. The monoisotopic (exact) mass is 262 g/mol. The van der Waals surface area contributed by atoms with Gasteiger partial charge in [-0.1, -0.05) is 0 Å². The van der Waals surface area contributed by atoms with E-state index in [9.17, 15) is 0 Å². The van der Waals surface area contributed by atoms with Crippen molar-refractivity contribution in [3.05, 3.63) is 12.4 Å². The zero-order valence-corrected chi connectivity index (χ0v) is 11.5. The number of fused-ring (bicyclic) bond motifs is 1. The van der Waals surface area contributed by atoms with E-state index in [1.165, 1.54) is 25.8 Å². The second kappa shape index (κ2) is 5.74. The molecule has 5 nitrogen and oxygen atoms in total. The molecule has 19 heavy (non-hydrogen) atoms. The van der Waals surface area contributed by atoms with E-state index in [1.807, 2.05) is 13.0 Å². The summed E-state index contributed by atoms with van der Waals surface area (Å²) in [4.78, 5) is 10.9. The van der Waals surface area contributed by atoms with Gasteiger partial charge in [-0.3, -0.25) is 0 Å². The SMILES string of the molecule is CCOc1cc(N2CCC3NCCCC3C2)ncn1. The summed E-state index contributed by atoms with van der Waals surface area (Å²) in [6.07, 6.45) is 5.44. The Morgan fingerprint density at radius 1 is 1.42 bits per heavy atom. The van der Waals surface area contributed by atoms with E-state index in [0.717, 1.165) is 24.8 Å². The average molecular weight is 262 g/mol. The summed E-state index contributed by atoms with van der Waals surface area (Å²) >= 11 is 0. The number of piperidine rings is 2. The van der Waals surface area contributed by atoms with Gasteiger partial charge in [0.2, 0.25) is 5.88 Å². The zero-order valence-electron chi connectivity index (χ0n) is 11.5. The molecule has 2 aliphatic heterocycles. The van der Waals surface area contributed by atoms with Gasteiger partial charge in [0.1, 0.15) is 12.1 Å². The Hall–Kier alpha value is -1.36. The molecule has 2 aliphatic rings. The van der Waals surface area contributed by atoms with Crippen LogP contribution in [0, 0.1) is 5.92 Å². The maximum atomic E-state index is 5.45. The average Bonchev–Trinajstić information content (AvgIpc) is 2.47. The summed E-state index contributed by atoms with van der Waals surface area (Å²) in [5.41, 5.74) is 0. The summed E-state index contributed by atoms with van der Waals surface area (Å²) in [5.74, 6) is 2.44. The van der Waals surface area contributed by atoms with Gasteiger partial charge in [-0.25, -0.2) is 9.97 Å². The zero-order chi connectivity index (χ0) is 13.1. The first kappa shape index (κ1) is 12.7. The summed E-state index contributed by atoms with van der Waals surface area (Å²) in [5, 5.41) is 3.64. The van der Waals surface area contributed by atoms with Crippen LogP contribution in [0.25, 0.3) is 0 Å². The summed E-state index contributed by atoms with van der Waals surface area (Å²) in [6.45, 7) is 5.96. The van der Waals surface area contributed by atoms with Crippen LogP contribution in [-0.4, -0.2) is 42.3 Å². The van der Waals surface area contributed by atoms with Crippen molar-refractivity contribution in [2.45, 2.75) is 32.2 Å². The van der Waals surface area contributed by atoms with E-state index in [4.69, 9.17) is 4.74 Å². The number of rotatable bonds is 3. The van der Waals surface area contributed by atoms with Gasteiger partial charge in [0.15, 0.2) is 0 Å². The van der Waals surface area contributed by atoms with Crippen LogP contribution in [0.15, 0.2) is 12.4 Å². The van der Waals surface area contributed by atoms with Crippen LogP contribution in [0.5, 0.6) is 5.88 Å². The van der Waals surface area contributed by atoms with Crippen LogP contribution in [-0.2, 0) is 0 Å². The fraction of sp³-hybridized carbons (Fsp3) is 0.714. The Morgan fingerprint density at radius 2 is 2.37 bits per heavy atom. The van der Waals surface area contributed by atoms with Gasteiger partial charge in [0.25, 0.3) is 0 Å². The number of nitrogens with zero attached hydrogens (tertiary/aromatic N) is 3. The minimum Gasteiger partial charge on any atom is -0.478 e. The van der Waals surface area contributed by atoms with Crippen molar-refractivity contribution in [2.24, 2.45) is 5.92 Å². The Kier molecular flexibility index (Phi) is 3.82. The van der Waals surface area contributed by atoms with Gasteiger partial charge in [-0.05, 0) is 38.6 Å². The minimum absolute atomic E-state index is 0.644. The highest BCUT2D eigenvalue weighted by atomic mass is 16.5. The van der Waals surface area contributed by atoms with E-state index >= 15 is 0 Å². The lowest BCUT2D eigenvalue weighted by atomic mass is 9.85. The molecule has 0 bridgehead atoms. The van der Waals surface area contributed by atoms with Crippen molar-refractivity contribution >= 4 is 5.82 Å². The molecule has 2 saturated heterocycles. The highest BCUT2D eigenvalue weighted by molar-refractivity contribution is 5.41. The molecule has 5 heteroatoms. The molecule has 2 unspecified atom stereocenters. The van der Waals surface area contributed by atoms with E-state index in [-0.39, 0.29) is 0 Å². The predicted octanol–water partition coefficient (Wildman–Crippen LogP) is 1.45. The van der Waals surface area contributed by atoms with Crippen molar-refractivity contribution in [2.75, 3.05) is 31.1 Å². The van der Waals surface area contributed by atoms with Crippen LogP contribution < -0.4 is 15.0 Å². The van der Waals surface area contributed by atoms with Crippen LogP contribution in [0.1, 0.15) is 26.2 Å². The lowest BCUT2D eigenvalue weighted by Gasteiger charge is -2.42. The lowest BCUT2D eigenvalue weighted by molar-refractivity contribution is 0.243. The minimum atomic E-state index is 0.644. The van der Waals surface area contributed by atoms with Crippen molar-refractivity contribution in [3.8, 4) is 5.88 Å². The number of ether oxygens (including phenoxy) is 1. The highest BCUT2D eigenvalue weighted by Crippen LogP contribution is 2.28. The second-order valence-corrected chi connectivity index (χ2v) is 5.35. The first-order valence-electron chi connectivity index (χ1n) is 7.30. The summed E-state index contributed by atoms with van der Waals surface area (Å²) < 4.78 is 5.45. The molecule has 0 saturated carbocycles. The van der Waals surface area contributed by atoms with Crippen LogP contribution in [0.3, 0.4) is 0 Å². The molecule has 0 aromatic carbocycles. The Labute approximate surface area is 114 Å². The maximum Gasteiger partial charge on any atom is 0.218 e. The summed E-state index contributed by atoms with van der Waals surface area (Å²) in [6, 6.07) is 2.67. The molecule has 1 N–H and O–H groups in total. The van der Waals surface area contributed by atoms with Crippen LogP contribution in [0.2, 0.25) is 0 Å². The Balaban J connectivity index is 1.70. The highest BCUT2D eigenvalue weighted by Gasteiger charge is 2.31. The largest absolute Gasteiger partial charge is 0.478 e. The molecule has 1 aromatic rings. The third-order valence-corrected chi connectivity index (χ3v) is 4.14. The molecule has 104 valence electrons. The van der Waals surface area contributed by atoms with Gasteiger partial charge in [0, 0.05) is 25.2 Å². The number of nitrogens with one attached hydrogen (secondary N) is 1. The van der Waals surface area contributed by atoms with E-state index < -0.39 is 0 Å². The molecule has 0 radical (unpaired) electrons. The normalized spacial score (nSPS) is 26.9. The fourth-order valence-electron chi connectivity index (χ4n) is 3.18. The molecule has 0 amide bonds. The smallest absolute Gasteiger partial charge is 0.218 e. The molecule has 2 fully saturated rings. The third-order valence-electron chi connectivity index (χ3n) is 4.14. The molecule has 3 rings (SSSR count). The topological polar surface area (TPSA) is 50.3 Å². The second-order valence-electron chi connectivity index (χ2n) is 5.35.